The summed E-state index contributed by atoms with van der Waals surface area (Å²) < 4.78 is 0. The average Bonchev–Trinajstić information content (AvgIpc) is 2.75. The number of nitrogens with one attached hydrogen (secondary N) is 1. The Morgan fingerprint density at radius 1 is 0.893 bits per heavy atom. The van der Waals surface area contributed by atoms with Crippen LogP contribution < -0.4 is 5.32 Å². The Labute approximate surface area is 166 Å². The van der Waals surface area contributed by atoms with Crippen molar-refractivity contribution in [3.8, 4) is 0 Å². The van der Waals surface area contributed by atoms with Crippen LogP contribution in [0.25, 0.3) is 0 Å². The number of nitrogens with zero attached hydrogens (tertiary/aromatic N) is 2. The van der Waals surface area contributed by atoms with Crippen LogP contribution in [0.15, 0.2) is 54.6 Å². The van der Waals surface area contributed by atoms with Gasteiger partial charge in [0.25, 0.3) is 0 Å². The maximum absolute atomic E-state index is 12.6. The van der Waals surface area contributed by atoms with E-state index in [2.05, 4.69) is 40.5 Å². The Morgan fingerprint density at radius 2 is 1.57 bits per heavy atom. The number of carbonyl (C=O) groups is 2. The Bertz CT molecular complexity index is 829. The zero-order chi connectivity index (χ0) is 19.3. The molecule has 1 N–H and O–H groups in total. The fourth-order valence-electron chi connectivity index (χ4n) is 4.14. The highest BCUT2D eigenvalue weighted by Gasteiger charge is 2.28. The molecule has 1 saturated heterocycles. The van der Waals surface area contributed by atoms with E-state index in [4.69, 9.17) is 0 Å². The van der Waals surface area contributed by atoms with E-state index in [-0.39, 0.29) is 6.04 Å². The van der Waals surface area contributed by atoms with Crippen molar-refractivity contribution >= 4 is 11.8 Å². The van der Waals surface area contributed by atoms with Crippen LogP contribution in [0.1, 0.15) is 29.5 Å². The summed E-state index contributed by atoms with van der Waals surface area (Å²) in [6.07, 6.45) is 2.58. The molecule has 0 unspecified atom stereocenters. The van der Waals surface area contributed by atoms with Gasteiger partial charge in [-0.15, -0.1) is 0 Å². The second-order valence-electron chi connectivity index (χ2n) is 7.75. The molecule has 4 rings (SSSR count). The van der Waals surface area contributed by atoms with Gasteiger partial charge in [0, 0.05) is 38.8 Å². The topological polar surface area (TPSA) is 52.7 Å². The molecule has 5 nitrogen and oxygen atoms in total. The van der Waals surface area contributed by atoms with Crippen LogP contribution in [0.2, 0.25) is 0 Å². The Kier molecular flexibility index (Phi) is 5.72. The summed E-state index contributed by atoms with van der Waals surface area (Å²) >= 11 is 0. The van der Waals surface area contributed by atoms with E-state index in [1.165, 1.54) is 11.1 Å². The van der Waals surface area contributed by atoms with Crippen molar-refractivity contribution in [2.45, 2.75) is 38.4 Å². The molecule has 0 bridgehead atoms. The van der Waals surface area contributed by atoms with Gasteiger partial charge in [-0.3, -0.25) is 14.5 Å². The highest BCUT2D eigenvalue weighted by Crippen LogP contribution is 2.19. The van der Waals surface area contributed by atoms with Crippen LogP contribution in [0.3, 0.4) is 0 Å². The molecule has 0 radical (unpaired) electrons. The second-order valence-corrected chi connectivity index (χ2v) is 7.75. The fraction of sp³-hybridized carbons (Fsp3) is 0.391. The largest absolute Gasteiger partial charge is 0.345 e. The van der Waals surface area contributed by atoms with Crippen molar-refractivity contribution in [2.75, 3.05) is 19.6 Å². The van der Waals surface area contributed by atoms with Gasteiger partial charge in [-0.2, -0.15) is 0 Å². The molecule has 28 heavy (non-hydrogen) atoms. The Balaban J connectivity index is 1.25. The normalized spacial score (nSPS) is 17.8. The summed E-state index contributed by atoms with van der Waals surface area (Å²) in [5.41, 5.74) is 3.73. The molecular formula is C23H27N3O2. The Hall–Kier alpha value is -2.66. The molecule has 0 atom stereocenters. The summed E-state index contributed by atoms with van der Waals surface area (Å²) in [6, 6.07) is 18.7. The van der Waals surface area contributed by atoms with Gasteiger partial charge in [0.15, 0.2) is 0 Å². The van der Waals surface area contributed by atoms with Gasteiger partial charge in [0.1, 0.15) is 0 Å². The summed E-state index contributed by atoms with van der Waals surface area (Å²) in [5.74, 6) is -0.859. The maximum atomic E-state index is 12.6. The molecule has 5 heteroatoms. The molecule has 2 aliphatic heterocycles. The maximum Gasteiger partial charge on any atom is 0.312 e. The first-order valence-electron chi connectivity index (χ1n) is 10.1. The molecule has 0 saturated carbocycles. The average molecular weight is 377 g/mol. The lowest BCUT2D eigenvalue weighted by Crippen LogP contribution is -2.50. The number of rotatable bonds is 3. The third kappa shape index (κ3) is 4.42. The predicted octanol–water partition coefficient (Wildman–Crippen LogP) is 2.35. The van der Waals surface area contributed by atoms with E-state index < -0.39 is 11.8 Å². The van der Waals surface area contributed by atoms with Gasteiger partial charge in [0.05, 0.1) is 0 Å². The lowest BCUT2D eigenvalue weighted by Gasteiger charge is -2.33. The number of hydrogen-bond acceptors (Lipinski definition) is 3. The SMILES string of the molecule is O=C(NC1CCN(Cc2ccccc2)CC1)C(=O)N1CCc2ccccc2C1. The Morgan fingerprint density at radius 3 is 2.32 bits per heavy atom. The van der Waals surface area contributed by atoms with Crippen LogP contribution in [-0.2, 0) is 29.1 Å². The minimum Gasteiger partial charge on any atom is -0.345 e. The fourth-order valence-corrected chi connectivity index (χ4v) is 4.14. The minimum atomic E-state index is -0.458. The van der Waals surface area contributed by atoms with Gasteiger partial charge < -0.3 is 10.2 Å². The zero-order valence-corrected chi connectivity index (χ0v) is 16.1. The van der Waals surface area contributed by atoms with Gasteiger partial charge in [0.2, 0.25) is 0 Å². The van der Waals surface area contributed by atoms with Crippen LogP contribution >= 0.6 is 0 Å². The standard InChI is InChI=1S/C23H27N3O2/c27-22(23(28)26-15-10-19-8-4-5-9-20(19)17-26)24-21-11-13-25(14-12-21)16-18-6-2-1-3-7-18/h1-9,21H,10-17H2,(H,24,27). The molecule has 2 aromatic carbocycles. The monoisotopic (exact) mass is 377 g/mol. The smallest absolute Gasteiger partial charge is 0.312 e. The lowest BCUT2D eigenvalue weighted by atomic mass is 10.00. The summed E-state index contributed by atoms with van der Waals surface area (Å²) in [7, 11) is 0. The number of likely N-dealkylation sites (tertiary alicyclic amines) is 1. The van der Waals surface area contributed by atoms with E-state index in [0.717, 1.165) is 44.5 Å². The van der Waals surface area contributed by atoms with Crippen molar-refractivity contribution in [3.05, 3.63) is 71.3 Å². The number of piperidine rings is 1. The summed E-state index contributed by atoms with van der Waals surface area (Å²) in [5, 5.41) is 2.97. The van der Waals surface area contributed by atoms with Gasteiger partial charge in [-0.1, -0.05) is 54.6 Å². The van der Waals surface area contributed by atoms with E-state index in [1.807, 2.05) is 24.3 Å². The van der Waals surface area contributed by atoms with Gasteiger partial charge >= 0.3 is 11.8 Å². The molecular weight excluding hydrogens is 350 g/mol. The van der Waals surface area contributed by atoms with E-state index in [0.29, 0.717) is 13.1 Å². The first-order chi connectivity index (χ1) is 13.7. The summed E-state index contributed by atoms with van der Waals surface area (Å²) in [6.45, 7) is 3.95. The molecule has 1 fully saturated rings. The number of fused-ring (bicyclic) bond motifs is 1. The van der Waals surface area contributed by atoms with Crippen LogP contribution in [-0.4, -0.2) is 47.3 Å². The molecule has 2 aliphatic rings. The first kappa shape index (κ1) is 18.7. The van der Waals surface area contributed by atoms with Crippen molar-refractivity contribution < 1.29 is 9.59 Å². The van der Waals surface area contributed by atoms with Crippen LogP contribution in [0.4, 0.5) is 0 Å². The molecule has 0 spiro atoms. The number of amides is 2. The van der Waals surface area contributed by atoms with Crippen molar-refractivity contribution in [1.82, 2.24) is 15.1 Å². The first-order valence-corrected chi connectivity index (χ1v) is 10.1. The van der Waals surface area contributed by atoms with Crippen molar-refractivity contribution in [1.29, 1.82) is 0 Å². The van der Waals surface area contributed by atoms with Crippen molar-refractivity contribution in [2.24, 2.45) is 0 Å². The zero-order valence-electron chi connectivity index (χ0n) is 16.1. The van der Waals surface area contributed by atoms with E-state index in [1.54, 1.807) is 4.90 Å². The molecule has 2 amide bonds. The molecule has 2 aromatic rings. The minimum absolute atomic E-state index is 0.0838. The van der Waals surface area contributed by atoms with E-state index >= 15 is 0 Å². The number of carbonyl (C=O) groups excluding carboxylic acids is 2. The second kappa shape index (κ2) is 8.57. The third-order valence-electron chi connectivity index (χ3n) is 5.78. The van der Waals surface area contributed by atoms with Crippen LogP contribution in [0, 0.1) is 0 Å². The predicted molar refractivity (Wildman–Crippen MR) is 108 cm³/mol. The molecule has 0 aliphatic carbocycles. The quantitative estimate of drug-likeness (QED) is 0.836. The van der Waals surface area contributed by atoms with Gasteiger partial charge in [-0.25, -0.2) is 0 Å². The molecule has 2 heterocycles. The van der Waals surface area contributed by atoms with Crippen molar-refractivity contribution in [3.63, 3.8) is 0 Å². The molecule has 0 aromatic heterocycles. The number of benzene rings is 2. The summed E-state index contributed by atoms with van der Waals surface area (Å²) in [4.78, 5) is 29.1. The number of hydrogen-bond donors (Lipinski definition) is 1. The van der Waals surface area contributed by atoms with Gasteiger partial charge in [-0.05, 0) is 36.0 Å². The van der Waals surface area contributed by atoms with Crippen LogP contribution in [0.5, 0.6) is 0 Å². The third-order valence-corrected chi connectivity index (χ3v) is 5.78. The van der Waals surface area contributed by atoms with E-state index in [9.17, 15) is 9.59 Å². The molecule has 146 valence electrons. The highest BCUT2D eigenvalue weighted by molar-refractivity contribution is 6.35. The highest BCUT2D eigenvalue weighted by atomic mass is 16.2. The lowest BCUT2D eigenvalue weighted by molar-refractivity contribution is -0.147.